The lowest BCUT2D eigenvalue weighted by molar-refractivity contribution is -0.121. The molecule has 0 bridgehead atoms. The third-order valence-corrected chi connectivity index (χ3v) is 3.69. The molecule has 0 aliphatic carbocycles. The van der Waals surface area contributed by atoms with E-state index >= 15 is 0 Å². The van der Waals surface area contributed by atoms with Crippen LogP contribution in [0.2, 0.25) is 0 Å². The Kier molecular flexibility index (Phi) is 4.90. The second-order valence-corrected chi connectivity index (χ2v) is 5.41. The van der Waals surface area contributed by atoms with Gasteiger partial charge in [0.2, 0.25) is 5.91 Å². The zero-order valence-electron chi connectivity index (χ0n) is 11.2. The Morgan fingerprint density at radius 1 is 1.10 bits per heavy atom. The molecule has 0 saturated carbocycles. The Labute approximate surface area is 121 Å². The van der Waals surface area contributed by atoms with Crippen molar-refractivity contribution in [2.75, 3.05) is 0 Å². The molecule has 0 atom stereocenters. The fourth-order valence-electron chi connectivity index (χ4n) is 1.67. The van der Waals surface area contributed by atoms with Crippen LogP contribution >= 0.6 is 11.3 Å². The number of hydrazine groups is 1. The van der Waals surface area contributed by atoms with Gasteiger partial charge in [-0.05, 0) is 30.4 Å². The molecule has 20 heavy (non-hydrogen) atoms. The van der Waals surface area contributed by atoms with Gasteiger partial charge in [0.15, 0.2) is 0 Å². The summed E-state index contributed by atoms with van der Waals surface area (Å²) in [4.78, 5) is 23.8. The summed E-state index contributed by atoms with van der Waals surface area (Å²) in [5.41, 5.74) is 7.13. The van der Waals surface area contributed by atoms with Gasteiger partial charge in [-0.2, -0.15) is 0 Å². The first kappa shape index (κ1) is 14.3. The number of nitrogens with one attached hydrogen (secondary N) is 2. The first-order valence-corrected chi connectivity index (χ1v) is 7.21. The molecule has 2 aromatic rings. The number of carbonyl (C=O) groups excluding carboxylic acids is 2. The van der Waals surface area contributed by atoms with E-state index in [0.717, 1.165) is 5.56 Å². The Bertz CT molecular complexity index is 576. The molecule has 2 rings (SSSR count). The quantitative estimate of drug-likeness (QED) is 0.849. The third kappa shape index (κ3) is 4.20. The fraction of sp³-hybridized carbons (Fsp3) is 0.200. The van der Waals surface area contributed by atoms with E-state index in [-0.39, 0.29) is 11.8 Å². The molecule has 1 aromatic heterocycles. The number of thiophene rings is 1. The highest BCUT2D eigenvalue weighted by molar-refractivity contribution is 7.12. The van der Waals surface area contributed by atoms with Gasteiger partial charge in [-0.25, -0.2) is 0 Å². The van der Waals surface area contributed by atoms with Crippen molar-refractivity contribution < 1.29 is 9.59 Å². The molecule has 4 nitrogen and oxygen atoms in total. The van der Waals surface area contributed by atoms with E-state index in [9.17, 15) is 9.59 Å². The lowest BCUT2D eigenvalue weighted by Crippen LogP contribution is -2.41. The first-order chi connectivity index (χ1) is 9.65. The molecule has 0 saturated heterocycles. The normalized spacial score (nSPS) is 10.1. The van der Waals surface area contributed by atoms with Crippen LogP contribution in [-0.4, -0.2) is 11.8 Å². The van der Waals surface area contributed by atoms with Gasteiger partial charge in [0.1, 0.15) is 0 Å². The average molecular weight is 288 g/mol. The summed E-state index contributed by atoms with van der Waals surface area (Å²) >= 11 is 1.33. The predicted molar refractivity (Wildman–Crippen MR) is 79.4 cm³/mol. The highest BCUT2D eigenvalue weighted by atomic mass is 32.1. The summed E-state index contributed by atoms with van der Waals surface area (Å²) < 4.78 is 0. The number of aryl methyl sites for hydroxylation is 2. The number of benzene rings is 1. The van der Waals surface area contributed by atoms with Crippen molar-refractivity contribution in [2.45, 2.75) is 19.8 Å². The summed E-state index contributed by atoms with van der Waals surface area (Å²) in [6, 6.07) is 11.6. The van der Waals surface area contributed by atoms with Crippen molar-refractivity contribution in [3.63, 3.8) is 0 Å². The largest absolute Gasteiger partial charge is 0.279 e. The van der Waals surface area contributed by atoms with E-state index in [1.807, 2.05) is 36.6 Å². The van der Waals surface area contributed by atoms with Crippen molar-refractivity contribution in [1.29, 1.82) is 0 Å². The number of hydrogen-bond donors (Lipinski definition) is 2. The topological polar surface area (TPSA) is 58.2 Å². The van der Waals surface area contributed by atoms with Crippen LogP contribution in [0.5, 0.6) is 0 Å². The molecule has 0 aliphatic heterocycles. The zero-order chi connectivity index (χ0) is 14.4. The molecule has 1 aromatic carbocycles. The Morgan fingerprint density at radius 2 is 1.85 bits per heavy atom. The highest BCUT2D eigenvalue weighted by Crippen LogP contribution is 2.07. The maximum absolute atomic E-state index is 11.6. The van der Waals surface area contributed by atoms with Crippen molar-refractivity contribution in [1.82, 2.24) is 10.9 Å². The molecule has 0 radical (unpaired) electrons. The number of rotatable bonds is 4. The predicted octanol–water partition coefficient (Wildman–Crippen LogP) is 2.45. The minimum absolute atomic E-state index is 0.199. The molecule has 0 unspecified atom stereocenters. The summed E-state index contributed by atoms with van der Waals surface area (Å²) in [6.45, 7) is 2.02. The van der Waals surface area contributed by atoms with Crippen LogP contribution in [0.25, 0.3) is 0 Å². The lowest BCUT2D eigenvalue weighted by atomic mass is 10.1. The molecule has 0 spiro atoms. The van der Waals surface area contributed by atoms with Crippen LogP contribution in [-0.2, 0) is 11.2 Å². The third-order valence-electron chi connectivity index (χ3n) is 2.82. The minimum atomic E-state index is -0.288. The Hall–Kier alpha value is -2.14. The van der Waals surface area contributed by atoms with E-state index in [0.29, 0.717) is 17.7 Å². The molecular formula is C15H16N2O2S. The molecule has 2 amide bonds. The lowest BCUT2D eigenvalue weighted by Gasteiger charge is -2.06. The van der Waals surface area contributed by atoms with Gasteiger partial charge < -0.3 is 0 Å². The van der Waals surface area contributed by atoms with Crippen LogP contribution in [0.1, 0.15) is 27.2 Å². The highest BCUT2D eigenvalue weighted by Gasteiger charge is 2.07. The van der Waals surface area contributed by atoms with E-state index in [4.69, 9.17) is 0 Å². The van der Waals surface area contributed by atoms with Crippen molar-refractivity contribution in [3.8, 4) is 0 Å². The van der Waals surface area contributed by atoms with Gasteiger partial charge in [0, 0.05) is 6.42 Å². The van der Waals surface area contributed by atoms with E-state index in [2.05, 4.69) is 10.9 Å². The van der Waals surface area contributed by atoms with Crippen molar-refractivity contribution in [2.24, 2.45) is 0 Å². The van der Waals surface area contributed by atoms with Crippen molar-refractivity contribution in [3.05, 3.63) is 57.8 Å². The van der Waals surface area contributed by atoms with Crippen molar-refractivity contribution >= 4 is 23.2 Å². The standard InChI is InChI=1S/C15H16N2O2S/c1-11-4-6-12(7-5-11)8-9-14(18)16-17-15(19)13-3-2-10-20-13/h2-7,10H,8-9H2,1H3,(H,16,18)(H,17,19). The number of carbonyl (C=O) groups is 2. The molecule has 104 valence electrons. The van der Waals surface area contributed by atoms with Crippen LogP contribution in [0.3, 0.4) is 0 Å². The van der Waals surface area contributed by atoms with Gasteiger partial charge in [-0.1, -0.05) is 35.9 Å². The average Bonchev–Trinajstić information content (AvgIpc) is 2.98. The van der Waals surface area contributed by atoms with Gasteiger partial charge in [0.25, 0.3) is 5.91 Å². The smallest absolute Gasteiger partial charge is 0.273 e. The summed E-state index contributed by atoms with van der Waals surface area (Å²) in [7, 11) is 0. The van der Waals surface area contributed by atoms with Gasteiger partial charge in [0.05, 0.1) is 4.88 Å². The van der Waals surface area contributed by atoms with Gasteiger partial charge in [-0.15, -0.1) is 11.3 Å². The maximum atomic E-state index is 11.6. The molecule has 2 N–H and O–H groups in total. The molecule has 5 heteroatoms. The van der Waals surface area contributed by atoms with E-state index in [1.165, 1.54) is 16.9 Å². The summed E-state index contributed by atoms with van der Waals surface area (Å²) in [5.74, 6) is -0.487. The Morgan fingerprint density at radius 3 is 2.50 bits per heavy atom. The maximum Gasteiger partial charge on any atom is 0.279 e. The second-order valence-electron chi connectivity index (χ2n) is 4.47. The fourth-order valence-corrected chi connectivity index (χ4v) is 2.29. The van der Waals surface area contributed by atoms with E-state index < -0.39 is 0 Å². The van der Waals surface area contributed by atoms with Gasteiger partial charge >= 0.3 is 0 Å². The minimum Gasteiger partial charge on any atom is -0.273 e. The summed E-state index contributed by atoms with van der Waals surface area (Å²) in [6.07, 6.45) is 0.995. The van der Waals surface area contributed by atoms with Gasteiger partial charge in [-0.3, -0.25) is 20.4 Å². The molecular weight excluding hydrogens is 272 g/mol. The first-order valence-electron chi connectivity index (χ1n) is 6.33. The second kappa shape index (κ2) is 6.86. The number of hydrogen-bond acceptors (Lipinski definition) is 3. The molecule has 1 heterocycles. The van der Waals surface area contributed by atoms with Crippen LogP contribution in [0.4, 0.5) is 0 Å². The molecule has 0 aliphatic rings. The number of amides is 2. The van der Waals surface area contributed by atoms with E-state index in [1.54, 1.807) is 12.1 Å². The monoisotopic (exact) mass is 288 g/mol. The van der Waals surface area contributed by atoms with Crippen LogP contribution in [0, 0.1) is 6.92 Å². The molecule has 0 fully saturated rings. The van der Waals surface area contributed by atoms with Crippen LogP contribution in [0.15, 0.2) is 41.8 Å². The zero-order valence-corrected chi connectivity index (χ0v) is 12.0. The summed E-state index contributed by atoms with van der Waals surface area (Å²) in [5, 5.41) is 1.81. The SMILES string of the molecule is Cc1ccc(CCC(=O)NNC(=O)c2cccs2)cc1. The van der Waals surface area contributed by atoms with Crippen LogP contribution < -0.4 is 10.9 Å². The Balaban J connectivity index is 1.73.